The number of likely N-dealkylation sites (tertiary alicyclic amines) is 1. The number of methoxy groups -OCH3 is 1. The van der Waals surface area contributed by atoms with Crippen molar-refractivity contribution in [3.63, 3.8) is 0 Å². The summed E-state index contributed by atoms with van der Waals surface area (Å²) in [4.78, 5) is 31.4. The lowest BCUT2D eigenvalue weighted by molar-refractivity contribution is -0.121. The van der Waals surface area contributed by atoms with Crippen LogP contribution in [0.25, 0.3) is 0 Å². The van der Waals surface area contributed by atoms with Crippen LogP contribution in [0.3, 0.4) is 0 Å². The van der Waals surface area contributed by atoms with Gasteiger partial charge in [-0.15, -0.1) is 0 Å². The average Bonchev–Trinajstić information content (AvgIpc) is 2.70. The van der Waals surface area contributed by atoms with Gasteiger partial charge in [0.2, 0.25) is 5.91 Å². The number of aryl methyl sites for hydroxylation is 1. The molecule has 27 heavy (non-hydrogen) atoms. The van der Waals surface area contributed by atoms with E-state index in [1.54, 1.807) is 19.4 Å². The Kier molecular flexibility index (Phi) is 6.19. The van der Waals surface area contributed by atoms with Gasteiger partial charge in [-0.05, 0) is 43.0 Å². The largest absolute Gasteiger partial charge is 0.380 e. The molecule has 1 fully saturated rings. The molecule has 2 amide bonds. The lowest BCUT2D eigenvalue weighted by Crippen LogP contribution is -2.41. The zero-order chi connectivity index (χ0) is 19.2. The van der Waals surface area contributed by atoms with Gasteiger partial charge in [-0.3, -0.25) is 9.59 Å². The number of anilines is 1. The zero-order valence-corrected chi connectivity index (χ0v) is 15.8. The van der Waals surface area contributed by atoms with Gasteiger partial charge in [0.15, 0.2) is 0 Å². The van der Waals surface area contributed by atoms with Gasteiger partial charge in [0, 0.05) is 37.9 Å². The fraction of sp³-hybridized carbons (Fsp3) is 0.381. The number of nitrogens with zero attached hydrogens (tertiary/aromatic N) is 2. The van der Waals surface area contributed by atoms with Crippen LogP contribution in [0.4, 0.5) is 5.82 Å². The molecule has 1 aromatic carbocycles. The maximum atomic E-state index is 12.9. The standard InChI is InChI=1S/C21H25N3O3/c1-15-7-8-19(22-13-15)23-20(25)16-9-11-24(12-10-16)21(26)18-6-4-3-5-17(18)14-27-2/h3-8,13,16H,9-12,14H2,1-2H3,(H,22,23,25). The predicted octanol–water partition coefficient (Wildman–Crippen LogP) is 3.03. The summed E-state index contributed by atoms with van der Waals surface area (Å²) in [5.41, 5.74) is 2.61. The van der Waals surface area contributed by atoms with Gasteiger partial charge in [-0.25, -0.2) is 4.98 Å². The molecule has 0 saturated carbocycles. The third-order valence-corrected chi connectivity index (χ3v) is 4.86. The summed E-state index contributed by atoms with van der Waals surface area (Å²) >= 11 is 0. The molecule has 2 heterocycles. The van der Waals surface area contributed by atoms with E-state index in [1.807, 2.05) is 42.2 Å². The SMILES string of the molecule is COCc1ccccc1C(=O)N1CCC(C(=O)Nc2ccc(C)cn2)CC1. The maximum Gasteiger partial charge on any atom is 0.254 e. The second-order valence-corrected chi connectivity index (χ2v) is 6.87. The minimum absolute atomic E-state index is 0.00158. The van der Waals surface area contributed by atoms with Crippen LogP contribution in [-0.4, -0.2) is 41.9 Å². The Balaban J connectivity index is 1.57. The Bertz CT molecular complexity index is 797. The molecule has 1 aliphatic rings. The summed E-state index contributed by atoms with van der Waals surface area (Å²) in [7, 11) is 1.62. The number of ether oxygens (including phenoxy) is 1. The van der Waals surface area contributed by atoms with Gasteiger partial charge in [0.25, 0.3) is 5.91 Å². The molecule has 0 aliphatic carbocycles. The summed E-state index contributed by atoms with van der Waals surface area (Å²) in [6, 6.07) is 11.2. The van der Waals surface area contributed by atoms with Crippen molar-refractivity contribution in [3.8, 4) is 0 Å². The van der Waals surface area contributed by atoms with Gasteiger partial charge in [0.05, 0.1) is 6.61 Å². The van der Waals surface area contributed by atoms with E-state index < -0.39 is 0 Å². The predicted molar refractivity (Wildman–Crippen MR) is 103 cm³/mol. The number of piperidine rings is 1. The first-order valence-corrected chi connectivity index (χ1v) is 9.18. The van der Waals surface area contributed by atoms with E-state index >= 15 is 0 Å². The Labute approximate surface area is 159 Å². The summed E-state index contributed by atoms with van der Waals surface area (Å²) in [6.07, 6.45) is 3.03. The number of rotatable bonds is 5. The van der Waals surface area contributed by atoms with Crippen molar-refractivity contribution >= 4 is 17.6 Å². The Morgan fingerprint density at radius 3 is 2.59 bits per heavy atom. The van der Waals surface area contributed by atoms with Crippen molar-refractivity contribution in [2.75, 3.05) is 25.5 Å². The highest BCUT2D eigenvalue weighted by molar-refractivity contribution is 5.96. The second-order valence-electron chi connectivity index (χ2n) is 6.87. The molecule has 2 aromatic rings. The number of aromatic nitrogens is 1. The van der Waals surface area contributed by atoms with Gasteiger partial charge in [0.1, 0.15) is 5.82 Å². The summed E-state index contributed by atoms with van der Waals surface area (Å²) in [5, 5.41) is 2.87. The molecule has 6 nitrogen and oxygen atoms in total. The van der Waals surface area contributed by atoms with E-state index in [0.717, 1.165) is 11.1 Å². The smallest absolute Gasteiger partial charge is 0.254 e. The fourth-order valence-electron chi connectivity index (χ4n) is 3.30. The molecule has 0 radical (unpaired) electrons. The lowest BCUT2D eigenvalue weighted by Gasteiger charge is -2.31. The third-order valence-electron chi connectivity index (χ3n) is 4.86. The normalized spacial score (nSPS) is 14.8. The Morgan fingerprint density at radius 1 is 1.19 bits per heavy atom. The summed E-state index contributed by atoms with van der Waals surface area (Å²) < 4.78 is 5.19. The first-order chi connectivity index (χ1) is 13.1. The van der Waals surface area contributed by atoms with Crippen molar-refractivity contribution in [1.82, 2.24) is 9.88 Å². The molecular weight excluding hydrogens is 342 g/mol. The number of hydrogen-bond acceptors (Lipinski definition) is 4. The van der Waals surface area contributed by atoms with E-state index in [2.05, 4.69) is 10.3 Å². The first kappa shape index (κ1) is 19.0. The van der Waals surface area contributed by atoms with Crippen LogP contribution >= 0.6 is 0 Å². The number of nitrogens with one attached hydrogen (secondary N) is 1. The van der Waals surface area contributed by atoms with Crippen molar-refractivity contribution < 1.29 is 14.3 Å². The quantitative estimate of drug-likeness (QED) is 0.882. The molecule has 1 aliphatic heterocycles. The van der Waals surface area contributed by atoms with E-state index in [0.29, 0.717) is 43.9 Å². The van der Waals surface area contributed by atoms with E-state index in [9.17, 15) is 9.59 Å². The summed E-state index contributed by atoms with van der Waals surface area (Å²) in [5.74, 6) is 0.434. The van der Waals surface area contributed by atoms with Gasteiger partial charge >= 0.3 is 0 Å². The highest BCUT2D eigenvalue weighted by atomic mass is 16.5. The van der Waals surface area contributed by atoms with E-state index in [4.69, 9.17) is 4.74 Å². The van der Waals surface area contributed by atoms with Gasteiger partial charge < -0.3 is 15.0 Å². The van der Waals surface area contributed by atoms with E-state index in [-0.39, 0.29) is 17.7 Å². The van der Waals surface area contributed by atoms with Crippen LogP contribution in [0.15, 0.2) is 42.6 Å². The molecule has 142 valence electrons. The summed E-state index contributed by atoms with van der Waals surface area (Å²) in [6.45, 7) is 3.50. The molecule has 0 atom stereocenters. The molecule has 1 aromatic heterocycles. The number of carbonyl (C=O) groups is 2. The van der Waals surface area contributed by atoms with E-state index in [1.165, 1.54) is 0 Å². The van der Waals surface area contributed by atoms with Crippen molar-refractivity contribution in [2.24, 2.45) is 5.92 Å². The van der Waals surface area contributed by atoms with Crippen LogP contribution in [0.1, 0.15) is 34.3 Å². The van der Waals surface area contributed by atoms with Crippen LogP contribution in [0.2, 0.25) is 0 Å². The molecule has 3 rings (SSSR count). The number of amides is 2. The minimum Gasteiger partial charge on any atom is -0.380 e. The average molecular weight is 367 g/mol. The van der Waals surface area contributed by atoms with Crippen LogP contribution in [0, 0.1) is 12.8 Å². The minimum atomic E-state index is -0.105. The zero-order valence-electron chi connectivity index (χ0n) is 15.8. The molecule has 1 N–H and O–H groups in total. The number of pyridine rings is 1. The fourth-order valence-corrected chi connectivity index (χ4v) is 3.30. The lowest BCUT2D eigenvalue weighted by atomic mass is 9.95. The first-order valence-electron chi connectivity index (χ1n) is 9.18. The second kappa shape index (κ2) is 8.77. The Hall–Kier alpha value is -2.73. The highest BCUT2D eigenvalue weighted by Crippen LogP contribution is 2.22. The van der Waals surface area contributed by atoms with Crippen LogP contribution in [0.5, 0.6) is 0 Å². The maximum absolute atomic E-state index is 12.9. The molecule has 6 heteroatoms. The third kappa shape index (κ3) is 4.71. The highest BCUT2D eigenvalue weighted by Gasteiger charge is 2.28. The molecular formula is C21H25N3O3. The molecule has 0 spiro atoms. The van der Waals surface area contributed by atoms with Gasteiger partial charge in [-0.1, -0.05) is 24.3 Å². The number of benzene rings is 1. The molecule has 0 unspecified atom stereocenters. The van der Waals surface area contributed by atoms with Crippen LogP contribution < -0.4 is 5.32 Å². The molecule has 0 bridgehead atoms. The molecule has 1 saturated heterocycles. The number of hydrogen-bond donors (Lipinski definition) is 1. The topological polar surface area (TPSA) is 71.5 Å². The van der Waals surface area contributed by atoms with Crippen molar-refractivity contribution in [1.29, 1.82) is 0 Å². The number of carbonyl (C=O) groups excluding carboxylic acids is 2. The van der Waals surface area contributed by atoms with Gasteiger partial charge in [-0.2, -0.15) is 0 Å². The Morgan fingerprint density at radius 2 is 1.93 bits per heavy atom. The van der Waals surface area contributed by atoms with Crippen molar-refractivity contribution in [3.05, 3.63) is 59.3 Å². The van der Waals surface area contributed by atoms with Crippen LogP contribution in [-0.2, 0) is 16.1 Å². The van der Waals surface area contributed by atoms with Crippen molar-refractivity contribution in [2.45, 2.75) is 26.4 Å². The monoisotopic (exact) mass is 367 g/mol.